The van der Waals surface area contributed by atoms with Crippen molar-refractivity contribution in [1.82, 2.24) is 14.5 Å². The third-order valence-electron chi connectivity index (χ3n) is 4.34. The van der Waals surface area contributed by atoms with Crippen LogP contribution in [0.2, 0.25) is 0 Å². The highest BCUT2D eigenvalue weighted by atomic mass is 32.1. The quantitative estimate of drug-likeness (QED) is 0.530. The molecule has 0 bridgehead atoms. The molecule has 6 nitrogen and oxygen atoms in total. The van der Waals surface area contributed by atoms with Crippen molar-refractivity contribution < 1.29 is 13.2 Å². The first-order valence-corrected chi connectivity index (χ1v) is 9.50. The summed E-state index contributed by atoms with van der Waals surface area (Å²) in [5.74, 6) is -0.908. The van der Waals surface area contributed by atoms with Crippen molar-refractivity contribution in [2.24, 2.45) is 0 Å². The number of hydrogen-bond donors (Lipinski definition) is 1. The highest BCUT2D eigenvalue weighted by Gasteiger charge is 2.22. The summed E-state index contributed by atoms with van der Waals surface area (Å²) in [7, 11) is 1.46. The van der Waals surface area contributed by atoms with E-state index in [1.165, 1.54) is 24.5 Å². The summed E-state index contributed by atoms with van der Waals surface area (Å²) in [6.45, 7) is 3.58. The minimum absolute atomic E-state index is 0.0355. The molecule has 3 heterocycles. The van der Waals surface area contributed by atoms with Crippen molar-refractivity contribution in [3.63, 3.8) is 0 Å². The summed E-state index contributed by atoms with van der Waals surface area (Å²) < 4.78 is 35.3. The molecule has 0 aliphatic carbocycles. The molecule has 0 spiro atoms. The zero-order valence-corrected chi connectivity index (χ0v) is 16.6. The van der Waals surface area contributed by atoms with E-state index in [1.807, 2.05) is 19.1 Å². The second-order valence-electron chi connectivity index (χ2n) is 6.39. The number of rotatable bonds is 4. The minimum atomic E-state index is -0.744. The van der Waals surface area contributed by atoms with Crippen LogP contribution < -0.4 is 11.0 Å². The number of halogens is 2. The Morgan fingerprint density at radius 3 is 2.55 bits per heavy atom. The van der Waals surface area contributed by atoms with Gasteiger partial charge in [-0.05, 0) is 37.6 Å². The Kier molecular flexibility index (Phi) is 4.75. The summed E-state index contributed by atoms with van der Waals surface area (Å²) in [6.07, 6.45) is 0.983. The number of aromatic nitrogens is 3. The van der Waals surface area contributed by atoms with Gasteiger partial charge in [0.25, 0.3) is 0 Å². The molecule has 9 heteroatoms. The average molecular weight is 414 g/mol. The summed E-state index contributed by atoms with van der Waals surface area (Å²) in [5.41, 5.74) is 0.0964. The fraction of sp³-hybridized carbons (Fsp3) is 0.150. The zero-order chi connectivity index (χ0) is 20.7. The summed E-state index contributed by atoms with van der Waals surface area (Å²) >= 11 is 1.45. The molecule has 0 amide bonds. The molecule has 4 aromatic rings. The number of nitrogens with one attached hydrogen (secondary N) is 1. The summed E-state index contributed by atoms with van der Waals surface area (Å²) in [5, 5.41) is 2.52. The molecule has 4 rings (SSSR count). The second-order valence-corrected chi connectivity index (χ2v) is 7.67. The zero-order valence-electron chi connectivity index (χ0n) is 15.8. The van der Waals surface area contributed by atoms with Gasteiger partial charge in [-0.3, -0.25) is 0 Å². The van der Waals surface area contributed by atoms with Crippen molar-refractivity contribution in [2.45, 2.75) is 13.8 Å². The van der Waals surface area contributed by atoms with Crippen LogP contribution in [0.1, 0.15) is 10.4 Å². The van der Waals surface area contributed by atoms with E-state index in [-0.39, 0.29) is 23.3 Å². The van der Waals surface area contributed by atoms with Gasteiger partial charge in [0.15, 0.2) is 23.2 Å². The predicted octanol–water partition coefficient (Wildman–Crippen LogP) is 4.55. The molecule has 0 atom stereocenters. The Bertz CT molecular complexity index is 1280. The van der Waals surface area contributed by atoms with Crippen LogP contribution in [0.15, 0.2) is 45.7 Å². The van der Waals surface area contributed by atoms with Crippen molar-refractivity contribution in [2.75, 3.05) is 12.4 Å². The molecule has 3 aromatic heterocycles. The van der Waals surface area contributed by atoms with E-state index >= 15 is 0 Å². The molecule has 0 radical (unpaired) electrons. The first-order chi connectivity index (χ1) is 13.9. The maximum Gasteiger partial charge on any atom is 0.355 e. The van der Waals surface area contributed by atoms with E-state index in [9.17, 15) is 13.6 Å². The lowest BCUT2D eigenvalue weighted by atomic mass is 10.1. The second kappa shape index (κ2) is 7.25. The molecule has 1 N–H and O–H groups in total. The van der Waals surface area contributed by atoms with Crippen molar-refractivity contribution >= 4 is 17.2 Å². The first kappa shape index (κ1) is 19.0. The lowest BCUT2D eigenvalue weighted by molar-refractivity contribution is 0.584. The molecule has 0 unspecified atom stereocenters. The molecule has 29 heavy (non-hydrogen) atoms. The van der Waals surface area contributed by atoms with Gasteiger partial charge in [-0.2, -0.15) is 9.97 Å². The number of aryl methyl sites for hydroxylation is 2. The number of oxazole rings is 1. The van der Waals surface area contributed by atoms with E-state index < -0.39 is 17.3 Å². The Morgan fingerprint density at radius 1 is 1.10 bits per heavy atom. The highest BCUT2D eigenvalue weighted by Crippen LogP contribution is 2.35. The number of benzene rings is 1. The Hall–Kier alpha value is -3.33. The van der Waals surface area contributed by atoms with Gasteiger partial charge in [0.2, 0.25) is 5.89 Å². The van der Waals surface area contributed by atoms with Crippen LogP contribution in [-0.2, 0) is 0 Å². The molecule has 0 fully saturated rings. The molecule has 0 saturated heterocycles. The van der Waals surface area contributed by atoms with Crippen molar-refractivity contribution in [1.29, 1.82) is 0 Å². The SMILES string of the molecule is CNc1nc(=O)n(-c2nc(-c3ccc(C)s3)oc2-c2ccc(C)c(F)c2)cc1F. The van der Waals surface area contributed by atoms with Gasteiger partial charge < -0.3 is 9.73 Å². The van der Waals surface area contributed by atoms with E-state index in [0.29, 0.717) is 11.1 Å². The van der Waals surface area contributed by atoms with Crippen molar-refractivity contribution in [3.05, 3.63) is 69.1 Å². The fourth-order valence-corrected chi connectivity index (χ4v) is 3.61. The molecule has 0 aliphatic heterocycles. The van der Waals surface area contributed by atoms with Gasteiger partial charge in [0.05, 0.1) is 11.1 Å². The average Bonchev–Trinajstić information content (AvgIpc) is 3.32. The molecule has 0 saturated carbocycles. The van der Waals surface area contributed by atoms with Crippen LogP contribution in [-0.4, -0.2) is 21.6 Å². The van der Waals surface area contributed by atoms with E-state index in [4.69, 9.17) is 4.42 Å². The fourth-order valence-electron chi connectivity index (χ4n) is 2.81. The van der Waals surface area contributed by atoms with Gasteiger partial charge in [0, 0.05) is 17.5 Å². The van der Waals surface area contributed by atoms with E-state index in [0.717, 1.165) is 20.5 Å². The maximum absolute atomic E-state index is 14.3. The van der Waals surface area contributed by atoms with Gasteiger partial charge in [0.1, 0.15) is 5.82 Å². The van der Waals surface area contributed by atoms with Gasteiger partial charge in [-0.25, -0.2) is 18.1 Å². The topological polar surface area (TPSA) is 73.0 Å². The Labute approximate surface area is 168 Å². The van der Waals surface area contributed by atoms with Gasteiger partial charge >= 0.3 is 5.69 Å². The first-order valence-electron chi connectivity index (χ1n) is 8.69. The molecule has 1 aromatic carbocycles. The lowest BCUT2D eigenvalue weighted by Crippen LogP contribution is -2.23. The summed E-state index contributed by atoms with van der Waals surface area (Å²) in [6, 6.07) is 8.28. The minimum Gasteiger partial charge on any atom is -0.433 e. The monoisotopic (exact) mass is 414 g/mol. The Balaban J connectivity index is 1.97. The third-order valence-corrected chi connectivity index (χ3v) is 5.33. The van der Waals surface area contributed by atoms with E-state index in [2.05, 4.69) is 15.3 Å². The number of thiophene rings is 1. The molecule has 0 aliphatic rings. The van der Waals surface area contributed by atoms with Gasteiger partial charge in [-0.15, -0.1) is 11.3 Å². The van der Waals surface area contributed by atoms with Crippen LogP contribution >= 0.6 is 11.3 Å². The largest absolute Gasteiger partial charge is 0.433 e. The number of hydrogen-bond acceptors (Lipinski definition) is 6. The van der Waals surface area contributed by atoms with Crippen LogP contribution in [0, 0.1) is 25.5 Å². The van der Waals surface area contributed by atoms with Crippen LogP contribution in [0.3, 0.4) is 0 Å². The number of nitrogens with zero attached hydrogens (tertiary/aromatic N) is 3. The van der Waals surface area contributed by atoms with Crippen LogP contribution in [0.25, 0.3) is 27.9 Å². The molecular weight excluding hydrogens is 398 g/mol. The highest BCUT2D eigenvalue weighted by molar-refractivity contribution is 7.15. The van der Waals surface area contributed by atoms with Crippen LogP contribution in [0.5, 0.6) is 0 Å². The number of anilines is 1. The standard InChI is InChI=1S/C20H16F2N4O2S/c1-10-4-6-12(8-13(10)21)16-18(25-19(28-16)15-7-5-11(2)29-15)26-9-14(22)17(23-3)24-20(26)27/h4-9H,1-3H3,(H,23,24,27). The predicted molar refractivity (Wildman–Crippen MR) is 108 cm³/mol. The maximum atomic E-state index is 14.3. The molecular formula is C20H16F2N4O2S. The van der Waals surface area contributed by atoms with E-state index in [1.54, 1.807) is 19.1 Å². The lowest BCUT2D eigenvalue weighted by Gasteiger charge is -2.07. The Morgan fingerprint density at radius 2 is 1.90 bits per heavy atom. The normalized spacial score (nSPS) is 11.1. The van der Waals surface area contributed by atoms with Crippen LogP contribution in [0.4, 0.5) is 14.6 Å². The van der Waals surface area contributed by atoms with Crippen molar-refractivity contribution in [3.8, 4) is 27.9 Å². The third kappa shape index (κ3) is 3.44. The summed E-state index contributed by atoms with van der Waals surface area (Å²) in [4.78, 5) is 22.4. The molecule has 148 valence electrons. The van der Waals surface area contributed by atoms with Gasteiger partial charge in [-0.1, -0.05) is 12.1 Å². The smallest absolute Gasteiger partial charge is 0.355 e.